The Morgan fingerprint density at radius 2 is 1.80 bits per heavy atom. The number of fused-ring (bicyclic) bond motifs is 1. The van der Waals surface area contributed by atoms with Gasteiger partial charge in [-0.05, 0) is 54.4 Å². The molecule has 1 aliphatic heterocycles. The SMILES string of the molecule is Cl.N#Cc1ccc(-c2c(-c3ccc(F)c(F)c3)cc3n2C(CCN)CNC3=O)cc1. The van der Waals surface area contributed by atoms with E-state index in [4.69, 9.17) is 11.0 Å². The fraction of sp³-hybridized carbons (Fsp3) is 0.182. The third kappa shape index (κ3) is 3.67. The van der Waals surface area contributed by atoms with E-state index in [0.29, 0.717) is 47.6 Å². The molecule has 5 nitrogen and oxygen atoms in total. The first-order valence-electron chi connectivity index (χ1n) is 9.23. The fourth-order valence-corrected chi connectivity index (χ4v) is 3.78. The molecule has 1 amide bonds. The predicted molar refractivity (Wildman–Crippen MR) is 112 cm³/mol. The summed E-state index contributed by atoms with van der Waals surface area (Å²) < 4.78 is 29.3. The first kappa shape index (κ1) is 21.5. The van der Waals surface area contributed by atoms with Crippen molar-refractivity contribution < 1.29 is 13.6 Å². The summed E-state index contributed by atoms with van der Waals surface area (Å²) in [6.07, 6.45) is 0.641. The lowest BCUT2D eigenvalue weighted by Crippen LogP contribution is -2.39. The third-order valence-electron chi connectivity index (χ3n) is 5.15. The molecular formula is C22H19ClF2N4O. The topological polar surface area (TPSA) is 83.8 Å². The van der Waals surface area contributed by atoms with E-state index >= 15 is 0 Å². The van der Waals surface area contributed by atoms with Gasteiger partial charge in [0.2, 0.25) is 0 Å². The average molecular weight is 429 g/mol. The van der Waals surface area contributed by atoms with Crippen molar-refractivity contribution in [3.8, 4) is 28.5 Å². The molecule has 3 aromatic rings. The zero-order chi connectivity index (χ0) is 20.5. The minimum atomic E-state index is -0.958. The number of amides is 1. The lowest BCUT2D eigenvalue weighted by atomic mass is 10.00. The van der Waals surface area contributed by atoms with E-state index in [1.807, 2.05) is 4.57 Å². The molecule has 0 spiro atoms. The number of halogens is 3. The molecule has 1 aliphatic rings. The van der Waals surface area contributed by atoms with Crippen LogP contribution in [0.1, 0.15) is 28.5 Å². The smallest absolute Gasteiger partial charge is 0.268 e. The van der Waals surface area contributed by atoms with Crippen LogP contribution in [0.4, 0.5) is 8.78 Å². The number of hydrogen-bond donors (Lipinski definition) is 2. The predicted octanol–water partition coefficient (Wildman–Crippen LogP) is 4.03. The molecule has 3 N–H and O–H groups in total. The summed E-state index contributed by atoms with van der Waals surface area (Å²) in [4.78, 5) is 12.5. The van der Waals surface area contributed by atoms with Gasteiger partial charge in [0, 0.05) is 12.1 Å². The van der Waals surface area contributed by atoms with Crippen molar-refractivity contribution in [1.82, 2.24) is 9.88 Å². The Bertz CT molecular complexity index is 1140. The summed E-state index contributed by atoms with van der Waals surface area (Å²) in [5, 5.41) is 12.0. The molecule has 1 atom stereocenters. The van der Waals surface area contributed by atoms with E-state index in [1.54, 1.807) is 30.3 Å². The number of nitriles is 1. The van der Waals surface area contributed by atoms with Crippen LogP contribution in [0.2, 0.25) is 0 Å². The number of carbonyl (C=O) groups is 1. The zero-order valence-corrected chi connectivity index (χ0v) is 16.7. The Balaban J connectivity index is 0.00000256. The van der Waals surface area contributed by atoms with Gasteiger partial charge >= 0.3 is 0 Å². The number of nitrogens with one attached hydrogen (secondary N) is 1. The molecule has 154 valence electrons. The van der Waals surface area contributed by atoms with E-state index in [-0.39, 0.29) is 24.4 Å². The van der Waals surface area contributed by atoms with Crippen molar-refractivity contribution >= 4 is 18.3 Å². The molecule has 0 aliphatic carbocycles. The zero-order valence-electron chi connectivity index (χ0n) is 15.9. The van der Waals surface area contributed by atoms with Crippen molar-refractivity contribution in [3.05, 3.63) is 71.4 Å². The second-order valence-corrected chi connectivity index (χ2v) is 6.92. The highest BCUT2D eigenvalue weighted by Crippen LogP contribution is 2.39. The summed E-state index contributed by atoms with van der Waals surface area (Å²) in [7, 11) is 0. The lowest BCUT2D eigenvalue weighted by molar-refractivity contribution is 0.0914. The Morgan fingerprint density at radius 1 is 1.10 bits per heavy atom. The quantitative estimate of drug-likeness (QED) is 0.658. The maximum absolute atomic E-state index is 13.9. The average Bonchev–Trinajstić information content (AvgIpc) is 3.14. The number of nitrogens with zero attached hydrogens (tertiary/aromatic N) is 2. The monoisotopic (exact) mass is 428 g/mol. The number of rotatable bonds is 4. The third-order valence-corrected chi connectivity index (χ3v) is 5.15. The molecule has 2 aromatic carbocycles. The largest absolute Gasteiger partial charge is 0.349 e. The van der Waals surface area contributed by atoms with Crippen molar-refractivity contribution in [1.29, 1.82) is 5.26 Å². The van der Waals surface area contributed by atoms with Gasteiger partial charge < -0.3 is 15.6 Å². The van der Waals surface area contributed by atoms with Crippen LogP contribution in [0.15, 0.2) is 48.5 Å². The summed E-state index contributed by atoms with van der Waals surface area (Å²) in [6, 6.07) is 14.3. The summed E-state index contributed by atoms with van der Waals surface area (Å²) >= 11 is 0. The van der Waals surface area contributed by atoms with Gasteiger partial charge in [-0.15, -0.1) is 12.4 Å². The first-order chi connectivity index (χ1) is 14.0. The molecule has 1 aromatic heterocycles. The van der Waals surface area contributed by atoms with Gasteiger partial charge in [-0.2, -0.15) is 5.26 Å². The van der Waals surface area contributed by atoms with Gasteiger partial charge in [0.25, 0.3) is 5.91 Å². The summed E-state index contributed by atoms with van der Waals surface area (Å²) in [5.41, 5.74) is 9.28. The maximum atomic E-state index is 13.9. The van der Waals surface area contributed by atoms with Gasteiger partial charge in [-0.25, -0.2) is 8.78 Å². The van der Waals surface area contributed by atoms with Crippen LogP contribution < -0.4 is 11.1 Å². The fourth-order valence-electron chi connectivity index (χ4n) is 3.78. The number of hydrogen-bond acceptors (Lipinski definition) is 3. The van der Waals surface area contributed by atoms with E-state index in [9.17, 15) is 13.6 Å². The summed E-state index contributed by atoms with van der Waals surface area (Å²) in [6.45, 7) is 0.865. The van der Waals surface area contributed by atoms with E-state index < -0.39 is 11.6 Å². The lowest BCUT2D eigenvalue weighted by Gasteiger charge is -2.28. The second kappa shape index (κ2) is 8.66. The molecule has 0 fully saturated rings. The van der Waals surface area contributed by atoms with Crippen molar-refractivity contribution in [2.45, 2.75) is 12.5 Å². The van der Waals surface area contributed by atoms with Crippen molar-refractivity contribution in [2.75, 3.05) is 13.1 Å². The Morgan fingerprint density at radius 3 is 2.43 bits per heavy atom. The Hall–Kier alpha value is -3.21. The van der Waals surface area contributed by atoms with Crippen LogP contribution in [0.5, 0.6) is 0 Å². The van der Waals surface area contributed by atoms with Crippen LogP contribution >= 0.6 is 12.4 Å². The Kier molecular flexibility index (Phi) is 6.20. The van der Waals surface area contributed by atoms with Crippen LogP contribution in [-0.4, -0.2) is 23.6 Å². The molecule has 1 unspecified atom stereocenters. The molecule has 0 bridgehead atoms. The van der Waals surface area contributed by atoms with Crippen LogP contribution in [-0.2, 0) is 0 Å². The standard InChI is InChI=1S/C22H18F2N4O.ClH/c23-18-6-5-15(9-19(18)24)17-10-20-22(29)27-12-16(7-8-25)28(20)21(17)14-3-1-13(11-26)2-4-14;/h1-6,9-10,16H,7-8,12,25H2,(H,27,29);1H. The van der Waals surface area contributed by atoms with Crippen LogP contribution in [0, 0.1) is 23.0 Å². The molecule has 30 heavy (non-hydrogen) atoms. The van der Waals surface area contributed by atoms with E-state index in [0.717, 1.165) is 17.7 Å². The summed E-state index contributed by atoms with van der Waals surface area (Å²) in [5.74, 6) is -2.13. The van der Waals surface area contributed by atoms with Crippen molar-refractivity contribution in [3.63, 3.8) is 0 Å². The molecule has 2 heterocycles. The van der Waals surface area contributed by atoms with Crippen molar-refractivity contribution in [2.24, 2.45) is 5.73 Å². The molecule has 0 saturated carbocycles. The van der Waals surface area contributed by atoms with E-state index in [1.165, 1.54) is 6.07 Å². The van der Waals surface area contributed by atoms with Gasteiger partial charge in [0.05, 0.1) is 23.4 Å². The molecular weight excluding hydrogens is 410 g/mol. The van der Waals surface area contributed by atoms with Gasteiger partial charge in [-0.1, -0.05) is 18.2 Å². The van der Waals surface area contributed by atoms with Gasteiger partial charge in [0.15, 0.2) is 11.6 Å². The first-order valence-corrected chi connectivity index (χ1v) is 9.23. The highest BCUT2D eigenvalue weighted by atomic mass is 35.5. The molecule has 0 radical (unpaired) electrons. The van der Waals surface area contributed by atoms with Gasteiger partial charge in [-0.3, -0.25) is 4.79 Å². The second-order valence-electron chi connectivity index (χ2n) is 6.92. The normalized spacial score (nSPS) is 15.0. The number of benzene rings is 2. The highest BCUT2D eigenvalue weighted by Gasteiger charge is 2.30. The Labute approximate surface area is 178 Å². The molecule has 8 heteroatoms. The number of nitrogens with two attached hydrogens (primary N) is 1. The molecule has 4 rings (SSSR count). The highest BCUT2D eigenvalue weighted by molar-refractivity contribution is 5.98. The minimum Gasteiger partial charge on any atom is -0.349 e. The number of carbonyl (C=O) groups excluding carboxylic acids is 1. The van der Waals surface area contributed by atoms with Crippen LogP contribution in [0.3, 0.4) is 0 Å². The molecule has 0 saturated heterocycles. The van der Waals surface area contributed by atoms with Crippen LogP contribution in [0.25, 0.3) is 22.4 Å². The van der Waals surface area contributed by atoms with E-state index in [2.05, 4.69) is 11.4 Å². The number of aromatic nitrogens is 1. The van der Waals surface area contributed by atoms with Gasteiger partial charge in [0.1, 0.15) is 5.69 Å². The maximum Gasteiger partial charge on any atom is 0.268 e. The minimum absolute atomic E-state index is 0.